The number of rotatable bonds is 8. The molecular weight excluding hydrogens is 436 g/mol. The highest BCUT2D eigenvalue weighted by molar-refractivity contribution is 5.89. The predicted octanol–water partition coefficient (Wildman–Crippen LogP) is 4.91. The molecule has 4 rings (SSSR count). The zero-order valence-electron chi connectivity index (χ0n) is 19.9. The van der Waals surface area contributed by atoms with E-state index in [1.807, 2.05) is 12.1 Å². The standard InChI is InChI=1S/C22H32N2O2.C4H4O4/c1-17-7-8-20-21(15-17)26-23-22(20)25-14-11-18-9-12-24(13-10-18)16-19-5-3-2-4-6-19;5-3(6)1-2-4(7)8/h7-8,15,18-19H,2-6,9-14,16H2,1H3;1-2H,(H,5,6)(H,7,8)/b;2-1+. The fraction of sp³-hybridized carbons (Fsp3) is 0.577. The van der Waals surface area contributed by atoms with Crippen molar-refractivity contribution in [3.8, 4) is 5.88 Å². The normalized spacial score (nSPS) is 18.0. The van der Waals surface area contributed by atoms with Crippen molar-refractivity contribution in [2.75, 3.05) is 26.2 Å². The summed E-state index contributed by atoms with van der Waals surface area (Å²) in [5.41, 5.74) is 2.00. The van der Waals surface area contributed by atoms with Crippen LogP contribution in [-0.4, -0.2) is 58.4 Å². The summed E-state index contributed by atoms with van der Waals surface area (Å²) in [7, 11) is 0. The summed E-state index contributed by atoms with van der Waals surface area (Å²) in [6.45, 7) is 6.68. The molecule has 1 saturated carbocycles. The molecule has 0 unspecified atom stereocenters. The maximum Gasteiger partial charge on any atom is 0.328 e. The molecule has 0 bridgehead atoms. The van der Waals surface area contributed by atoms with E-state index in [1.165, 1.54) is 70.1 Å². The number of piperidine rings is 1. The Morgan fingerprint density at radius 3 is 2.38 bits per heavy atom. The van der Waals surface area contributed by atoms with E-state index in [4.69, 9.17) is 19.5 Å². The number of carboxylic acid groups (broad SMARTS) is 2. The summed E-state index contributed by atoms with van der Waals surface area (Å²) >= 11 is 0. The van der Waals surface area contributed by atoms with Gasteiger partial charge in [-0.3, -0.25) is 0 Å². The van der Waals surface area contributed by atoms with Crippen molar-refractivity contribution in [1.82, 2.24) is 10.1 Å². The molecule has 2 heterocycles. The van der Waals surface area contributed by atoms with Crippen LogP contribution in [0.4, 0.5) is 0 Å². The average Bonchev–Trinajstić information content (AvgIpc) is 3.22. The molecule has 186 valence electrons. The SMILES string of the molecule is Cc1ccc2c(OCCC3CCN(CC4CCCCC4)CC3)noc2c1.O=C(O)/C=C/C(=O)O. The van der Waals surface area contributed by atoms with E-state index in [0.29, 0.717) is 18.0 Å². The monoisotopic (exact) mass is 472 g/mol. The van der Waals surface area contributed by atoms with E-state index in [1.54, 1.807) is 0 Å². The minimum absolute atomic E-state index is 0.558. The summed E-state index contributed by atoms with van der Waals surface area (Å²) in [6.07, 6.45) is 12.1. The lowest BCUT2D eigenvalue weighted by molar-refractivity contribution is -0.134. The lowest BCUT2D eigenvalue weighted by Crippen LogP contribution is -2.37. The Morgan fingerprint density at radius 2 is 1.74 bits per heavy atom. The molecule has 8 nitrogen and oxygen atoms in total. The van der Waals surface area contributed by atoms with Crippen LogP contribution in [0.3, 0.4) is 0 Å². The number of ether oxygens (including phenoxy) is 1. The zero-order chi connectivity index (χ0) is 24.3. The second kappa shape index (κ2) is 13.1. The minimum atomic E-state index is -1.26. The van der Waals surface area contributed by atoms with E-state index in [9.17, 15) is 9.59 Å². The maximum atomic E-state index is 9.55. The van der Waals surface area contributed by atoms with Gasteiger partial charge in [0.25, 0.3) is 5.88 Å². The number of nitrogens with zero attached hydrogens (tertiary/aromatic N) is 2. The van der Waals surface area contributed by atoms with E-state index in [2.05, 4.69) is 23.0 Å². The minimum Gasteiger partial charge on any atom is -0.478 e. The molecule has 34 heavy (non-hydrogen) atoms. The van der Waals surface area contributed by atoms with E-state index >= 15 is 0 Å². The molecule has 8 heteroatoms. The van der Waals surface area contributed by atoms with Gasteiger partial charge in [0.15, 0.2) is 5.58 Å². The molecule has 1 aliphatic carbocycles. The summed E-state index contributed by atoms with van der Waals surface area (Å²) in [5.74, 6) is -0.111. The van der Waals surface area contributed by atoms with Gasteiger partial charge in [0, 0.05) is 18.7 Å². The lowest BCUT2D eigenvalue weighted by Gasteiger charge is -2.35. The highest BCUT2D eigenvalue weighted by atomic mass is 16.5. The van der Waals surface area contributed by atoms with Gasteiger partial charge in [0.05, 0.1) is 12.0 Å². The van der Waals surface area contributed by atoms with Gasteiger partial charge >= 0.3 is 11.9 Å². The summed E-state index contributed by atoms with van der Waals surface area (Å²) in [4.78, 5) is 21.8. The van der Waals surface area contributed by atoms with E-state index in [-0.39, 0.29) is 0 Å². The molecule has 1 saturated heterocycles. The van der Waals surface area contributed by atoms with Crippen LogP contribution in [0.25, 0.3) is 11.0 Å². The highest BCUT2D eigenvalue weighted by Crippen LogP contribution is 2.28. The summed E-state index contributed by atoms with van der Waals surface area (Å²) in [6, 6.07) is 6.13. The first-order valence-corrected chi connectivity index (χ1v) is 12.3. The molecule has 2 N–H and O–H groups in total. The quantitative estimate of drug-likeness (QED) is 0.521. The van der Waals surface area contributed by atoms with Gasteiger partial charge in [-0.05, 0) is 86.8 Å². The van der Waals surface area contributed by atoms with Crippen LogP contribution in [0, 0.1) is 18.8 Å². The average molecular weight is 473 g/mol. The number of hydrogen-bond acceptors (Lipinski definition) is 6. The van der Waals surface area contributed by atoms with E-state index < -0.39 is 11.9 Å². The Morgan fingerprint density at radius 1 is 1.06 bits per heavy atom. The molecule has 2 fully saturated rings. The summed E-state index contributed by atoms with van der Waals surface area (Å²) in [5, 5.41) is 20.7. The fourth-order valence-corrected chi connectivity index (χ4v) is 4.78. The largest absolute Gasteiger partial charge is 0.478 e. The molecule has 0 radical (unpaired) electrons. The fourth-order valence-electron chi connectivity index (χ4n) is 4.78. The highest BCUT2D eigenvalue weighted by Gasteiger charge is 2.23. The predicted molar refractivity (Wildman–Crippen MR) is 129 cm³/mol. The number of benzene rings is 1. The van der Waals surface area contributed by atoms with Crippen molar-refractivity contribution >= 4 is 22.9 Å². The third-order valence-corrected chi connectivity index (χ3v) is 6.68. The zero-order valence-corrected chi connectivity index (χ0v) is 19.9. The molecular formula is C26H36N2O6. The van der Waals surface area contributed by atoms with Gasteiger partial charge in [-0.15, -0.1) is 0 Å². The number of aromatic nitrogens is 1. The first-order chi connectivity index (χ1) is 16.4. The first kappa shape index (κ1) is 25.7. The Balaban J connectivity index is 0.000000350. The van der Waals surface area contributed by atoms with Crippen molar-refractivity contribution in [1.29, 1.82) is 0 Å². The summed E-state index contributed by atoms with van der Waals surface area (Å²) < 4.78 is 11.3. The number of carbonyl (C=O) groups is 2. The lowest BCUT2D eigenvalue weighted by atomic mass is 9.87. The van der Waals surface area contributed by atoms with Crippen LogP contribution in [0.1, 0.15) is 56.9 Å². The molecule has 1 aromatic heterocycles. The molecule has 2 aromatic rings. The van der Waals surface area contributed by atoms with Crippen LogP contribution < -0.4 is 4.74 Å². The van der Waals surface area contributed by atoms with Gasteiger partial charge in [0.2, 0.25) is 0 Å². The third-order valence-electron chi connectivity index (χ3n) is 6.68. The molecule has 0 amide bonds. The van der Waals surface area contributed by atoms with Gasteiger partial charge in [-0.1, -0.05) is 25.3 Å². The van der Waals surface area contributed by atoms with Crippen LogP contribution >= 0.6 is 0 Å². The molecule has 2 aliphatic rings. The number of aryl methyl sites for hydroxylation is 1. The molecule has 1 aromatic carbocycles. The Hall–Kier alpha value is -2.87. The number of likely N-dealkylation sites (tertiary alicyclic amines) is 1. The van der Waals surface area contributed by atoms with Crippen molar-refractivity contribution in [2.45, 2.75) is 58.3 Å². The number of aliphatic carboxylic acids is 2. The van der Waals surface area contributed by atoms with Crippen molar-refractivity contribution in [3.05, 3.63) is 35.9 Å². The third kappa shape index (κ3) is 8.48. The van der Waals surface area contributed by atoms with Gasteiger partial charge in [0.1, 0.15) is 0 Å². The Labute approximate surface area is 200 Å². The van der Waals surface area contributed by atoms with Gasteiger partial charge in [-0.25, -0.2) is 9.59 Å². The van der Waals surface area contributed by atoms with Crippen LogP contribution in [0.2, 0.25) is 0 Å². The van der Waals surface area contributed by atoms with Gasteiger partial charge in [-0.2, -0.15) is 0 Å². The topological polar surface area (TPSA) is 113 Å². The van der Waals surface area contributed by atoms with Crippen molar-refractivity contribution < 1.29 is 29.1 Å². The second-order valence-corrected chi connectivity index (χ2v) is 9.38. The number of carboxylic acids is 2. The van der Waals surface area contributed by atoms with Crippen molar-refractivity contribution in [2.24, 2.45) is 11.8 Å². The van der Waals surface area contributed by atoms with Crippen LogP contribution in [0.5, 0.6) is 5.88 Å². The van der Waals surface area contributed by atoms with E-state index in [0.717, 1.165) is 35.8 Å². The maximum absolute atomic E-state index is 9.55. The van der Waals surface area contributed by atoms with Crippen molar-refractivity contribution in [3.63, 3.8) is 0 Å². The molecule has 1 aliphatic heterocycles. The smallest absolute Gasteiger partial charge is 0.328 e. The van der Waals surface area contributed by atoms with Gasteiger partial charge < -0.3 is 24.4 Å². The second-order valence-electron chi connectivity index (χ2n) is 9.38. The Kier molecular flexibility index (Phi) is 9.94. The van der Waals surface area contributed by atoms with Crippen LogP contribution in [-0.2, 0) is 9.59 Å². The molecule has 0 atom stereocenters. The number of fused-ring (bicyclic) bond motifs is 1. The Bertz CT molecular complexity index is 939. The molecule has 0 spiro atoms. The first-order valence-electron chi connectivity index (χ1n) is 12.3. The number of hydrogen-bond donors (Lipinski definition) is 2. The van der Waals surface area contributed by atoms with Crippen LogP contribution in [0.15, 0.2) is 34.9 Å².